The largest absolute Gasteiger partial charge is 0.162 e. The van der Waals surface area contributed by atoms with Crippen LogP contribution in [0.1, 0.15) is 26.2 Å². The molecule has 0 aromatic heterocycles. The predicted molar refractivity (Wildman–Crippen MR) is 40.3 cm³/mol. The van der Waals surface area contributed by atoms with Gasteiger partial charge in [0.1, 0.15) is 0 Å². The Morgan fingerprint density at radius 2 is 2.50 bits per heavy atom. The summed E-state index contributed by atoms with van der Waals surface area (Å²) in [5.41, 5.74) is 0. The average molecular weight is 130 g/mol. The Morgan fingerprint density at radius 1 is 1.62 bits per heavy atom. The first kappa shape index (κ1) is 6.47. The van der Waals surface area contributed by atoms with E-state index in [0.29, 0.717) is 0 Å². The van der Waals surface area contributed by atoms with E-state index in [2.05, 4.69) is 18.7 Å². The fourth-order valence-corrected chi connectivity index (χ4v) is 2.40. The zero-order valence-electron chi connectivity index (χ0n) is 5.52. The summed E-state index contributed by atoms with van der Waals surface area (Å²) >= 11 is 2.13. The molecule has 1 aliphatic rings. The Labute approximate surface area is 56.0 Å². The van der Waals surface area contributed by atoms with Gasteiger partial charge in [-0.1, -0.05) is 13.3 Å². The quantitative estimate of drug-likeness (QED) is 0.525. The van der Waals surface area contributed by atoms with E-state index in [4.69, 9.17) is 0 Å². The molecule has 1 fully saturated rings. The maximum atomic E-state index is 2.30. The Bertz CT molecular complexity index is 55.4. The van der Waals surface area contributed by atoms with Crippen LogP contribution in [0.5, 0.6) is 0 Å². The van der Waals surface area contributed by atoms with Gasteiger partial charge in [0.15, 0.2) is 0 Å². The Morgan fingerprint density at radius 3 is 2.88 bits per heavy atom. The predicted octanol–water partition coefficient (Wildman–Crippen LogP) is 2.54. The Balaban J connectivity index is 2.13. The van der Waals surface area contributed by atoms with Gasteiger partial charge in [-0.25, -0.2) is 0 Å². The lowest BCUT2D eigenvalue weighted by Crippen LogP contribution is -2.08. The van der Waals surface area contributed by atoms with Crippen LogP contribution in [0.2, 0.25) is 0 Å². The van der Waals surface area contributed by atoms with E-state index in [1.165, 1.54) is 30.8 Å². The maximum absolute atomic E-state index is 2.30. The Kier molecular flexibility index (Phi) is 2.74. The van der Waals surface area contributed by atoms with Crippen molar-refractivity contribution in [1.82, 2.24) is 0 Å². The van der Waals surface area contributed by atoms with Crippen LogP contribution >= 0.6 is 11.8 Å². The van der Waals surface area contributed by atoms with Crippen molar-refractivity contribution >= 4 is 11.8 Å². The molecule has 0 spiro atoms. The average Bonchev–Trinajstić information content (AvgIpc) is 1.90. The summed E-state index contributed by atoms with van der Waals surface area (Å²) in [6.45, 7) is 2.30. The number of hydrogen-bond donors (Lipinski definition) is 0. The molecule has 8 heavy (non-hydrogen) atoms. The summed E-state index contributed by atoms with van der Waals surface area (Å²) in [5, 5.41) is 0. The molecule has 0 unspecified atom stereocenters. The van der Waals surface area contributed by atoms with E-state index in [9.17, 15) is 0 Å². The normalized spacial score (nSPS) is 30.4. The first-order chi connectivity index (χ1) is 3.93. The third-order valence-electron chi connectivity index (χ3n) is 1.83. The SMILES string of the molecule is CC[C@H]1CCCSC1. The van der Waals surface area contributed by atoms with Gasteiger partial charge in [0.25, 0.3) is 0 Å². The number of thioether (sulfide) groups is 1. The molecular weight excluding hydrogens is 116 g/mol. The molecule has 0 aromatic rings. The second-order valence-electron chi connectivity index (χ2n) is 2.49. The first-order valence-electron chi connectivity index (χ1n) is 3.51. The molecule has 1 rings (SSSR count). The number of rotatable bonds is 1. The third kappa shape index (κ3) is 1.70. The fraction of sp³-hybridized carbons (Fsp3) is 1.00. The lowest BCUT2D eigenvalue weighted by molar-refractivity contribution is 0.508. The van der Waals surface area contributed by atoms with Crippen LogP contribution in [0.4, 0.5) is 0 Å². The molecule has 1 aliphatic heterocycles. The summed E-state index contributed by atoms with van der Waals surface area (Å²) < 4.78 is 0. The van der Waals surface area contributed by atoms with Gasteiger partial charge in [-0.2, -0.15) is 11.8 Å². The van der Waals surface area contributed by atoms with Crippen LogP contribution in [0.25, 0.3) is 0 Å². The van der Waals surface area contributed by atoms with Gasteiger partial charge in [-0.05, 0) is 30.3 Å². The van der Waals surface area contributed by atoms with Crippen molar-refractivity contribution in [2.24, 2.45) is 5.92 Å². The van der Waals surface area contributed by atoms with Crippen LogP contribution < -0.4 is 0 Å². The van der Waals surface area contributed by atoms with E-state index in [-0.39, 0.29) is 0 Å². The molecule has 0 amide bonds. The van der Waals surface area contributed by atoms with Crippen molar-refractivity contribution in [3.63, 3.8) is 0 Å². The molecule has 1 saturated heterocycles. The van der Waals surface area contributed by atoms with Gasteiger partial charge in [0.2, 0.25) is 0 Å². The van der Waals surface area contributed by atoms with Crippen molar-refractivity contribution in [1.29, 1.82) is 0 Å². The minimum atomic E-state index is 1.05. The van der Waals surface area contributed by atoms with Gasteiger partial charge in [-0.3, -0.25) is 0 Å². The minimum Gasteiger partial charge on any atom is -0.162 e. The van der Waals surface area contributed by atoms with Crippen molar-refractivity contribution < 1.29 is 0 Å². The second-order valence-corrected chi connectivity index (χ2v) is 3.64. The van der Waals surface area contributed by atoms with Gasteiger partial charge >= 0.3 is 0 Å². The van der Waals surface area contributed by atoms with E-state index >= 15 is 0 Å². The van der Waals surface area contributed by atoms with Gasteiger partial charge in [-0.15, -0.1) is 0 Å². The van der Waals surface area contributed by atoms with Gasteiger partial charge in [0, 0.05) is 0 Å². The highest BCUT2D eigenvalue weighted by Crippen LogP contribution is 2.24. The van der Waals surface area contributed by atoms with Crippen molar-refractivity contribution in [2.75, 3.05) is 11.5 Å². The topological polar surface area (TPSA) is 0 Å². The van der Waals surface area contributed by atoms with Gasteiger partial charge in [0.05, 0.1) is 0 Å². The minimum absolute atomic E-state index is 1.05. The van der Waals surface area contributed by atoms with Gasteiger partial charge < -0.3 is 0 Å². The van der Waals surface area contributed by atoms with Crippen LogP contribution in [0.3, 0.4) is 0 Å². The smallest absolute Gasteiger partial charge is 0.00392 e. The van der Waals surface area contributed by atoms with E-state index in [1.54, 1.807) is 0 Å². The zero-order valence-corrected chi connectivity index (χ0v) is 6.34. The van der Waals surface area contributed by atoms with E-state index in [1.807, 2.05) is 0 Å². The molecule has 1 heteroatoms. The molecule has 0 bridgehead atoms. The molecule has 1 heterocycles. The highest BCUT2D eigenvalue weighted by atomic mass is 32.2. The second kappa shape index (κ2) is 3.39. The van der Waals surface area contributed by atoms with Crippen LogP contribution in [0.15, 0.2) is 0 Å². The molecule has 0 aromatic carbocycles. The highest BCUT2D eigenvalue weighted by Gasteiger charge is 2.09. The monoisotopic (exact) mass is 130 g/mol. The molecule has 0 N–H and O–H groups in total. The lowest BCUT2D eigenvalue weighted by Gasteiger charge is -2.18. The molecular formula is C7H14S. The maximum Gasteiger partial charge on any atom is -0.00392 e. The van der Waals surface area contributed by atoms with Crippen molar-refractivity contribution in [3.8, 4) is 0 Å². The summed E-state index contributed by atoms with van der Waals surface area (Å²) in [6, 6.07) is 0. The summed E-state index contributed by atoms with van der Waals surface area (Å²) in [5.74, 6) is 3.89. The molecule has 0 radical (unpaired) electrons. The van der Waals surface area contributed by atoms with Crippen molar-refractivity contribution in [3.05, 3.63) is 0 Å². The van der Waals surface area contributed by atoms with E-state index < -0.39 is 0 Å². The fourth-order valence-electron chi connectivity index (χ4n) is 1.13. The van der Waals surface area contributed by atoms with Crippen LogP contribution in [-0.4, -0.2) is 11.5 Å². The van der Waals surface area contributed by atoms with Crippen LogP contribution in [0, 0.1) is 5.92 Å². The summed E-state index contributed by atoms with van der Waals surface area (Å²) in [4.78, 5) is 0. The number of hydrogen-bond acceptors (Lipinski definition) is 1. The molecule has 0 saturated carbocycles. The molecule has 1 atom stereocenters. The Hall–Kier alpha value is 0.350. The molecule has 0 aliphatic carbocycles. The first-order valence-corrected chi connectivity index (χ1v) is 4.66. The zero-order chi connectivity index (χ0) is 5.82. The highest BCUT2D eigenvalue weighted by molar-refractivity contribution is 7.99. The third-order valence-corrected chi connectivity index (χ3v) is 3.12. The summed E-state index contributed by atoms with van der Waals surface area (Å²) in [6.07, 6.45) is 4.35. The standard InChI is InChI=1S/C7H14S/c1-2-7-4-3-5-8-6-7/h7H,2-6H2,1H3/t7-/m0/s1. The van der Waals surface area contributed by atoms with Crippen molar-refractivity contribution in [2.45, 2.75) is 26.2 Å². The lowest BCUT2D eigenvalue weighted by atomic mass is 10.0. The summed E-state index contributed by atoms with van der Waals surface area (Å²) in [7, 11) is 0. The molecule has 0 nitrogen and oxygen atoms in total. The van der Waals surface area contributed by atoms with Crippen LogP contribution in [-0.2, 0) is 0 Å². The van der Waals surface area contributed by atoms with E-state index in [0.717, 1.165) is 5.92 Å². The molecule has 48 valence electrons.